The maximum Gasteiger partial charge on any atom is 0.176 e. The molecule has 0 radical (unpaired) electrons. The Labute approximate surface area is 103 Å². The van der Waals surface area contributed by atoms with E-state index in [1.165, 1.54) is 0 Å². The number of aliphatic hydroxyl groups is 1. The van der Waals surface area contributed by atoms with Gasteiger partial charge in [-0.1, -0.05) is 12.1 Å². The largest absolute Gasteiger partial charge is 0.395 e. The topological polar surface area (TPSA) is 40.5 Å². The van der Waals surface area contributed by atoms with Crippen LogP contribution in [0.15, 0.2) is 24.3 Å². The van der Waals surface area contributed by atoms with E-state index in [0.717, 1.165) is 9.13 Å². The summed E-state index contributed by atoms with van der Waals surface area (Å²) in [5, 5.41) is 8.70. The van der Waals surface area contributed by atoms with Crippen molar-refractivity contribution >= 4 is 28.4 Å². The summed E-state index contributed by atoms with van der Waals surface area (Å²) in [5.41, 5.74) is 0.722. The van der Waals surface area contributed by atoms with E-state index < -0.39 is 0 Å². The monoisotopic (exact) mass is 319 g/mol. The highest BCUT2D eigenvalue weighted by atomic mass is 127. The van der Waals surface area contributed by atoms with Crippen molar-refractivity contribution < 1.29 is 9.90 Å². The number of aliphatic hydroxyl groups excluding tert-OH is 1. The molecule has 0 heterocycles. The van der Waals surface area contributed by atoms with E-state index in [-0.39, 0.29) is 12.4 Å². The van der Waals surface area contributed by atoms with Gasteiger partial charge in [-0.3, -0.25) is 9.69 Å². The number of nitrogens with zero attached hydrogens (tertiary/aromatic N) is 1. The Morgan fingerprint density at radius 3 is 2.53 bits per heavy atom. The fourth-order valence-corrected chi connectivity index (χ4v) is 1.58. The zero-order chi connectivity index (χ0) is 11.3. The highest BCUT2D eigenvalue weighted by molar-refractivity contribution is 14.1. The van der Waals surface area contributed by atoms with E-state index in [4.69, 9.17) is 5.11 Å². The van der Waals surface area contributed by atoms with Gasteiger partial charge in [-0.25, -0.2) is 0 Å². The number of likely N-dealkylation sites (N-methyl/N-ethyl adjacent to an activating group) is 1. The lowest BCUT2D eigenvalue weighted by atomic mass is 10.1. The van der Waals surface area contributed by atoms with Gasteiger partial charge in [0.1, 0.15) is 0 Å². The average molecular weight is 319 g/mol. The molecule has 0 saturated carbocycles. The second-order valence-electron chi connectivity index (χ2n) is 3.39. The molecule has 82 valence electrons. The van der Waals surface area contributed by atoms with Gasteiger partial charge in [-0.05, 0) is 41.8 Å². The fraction of sp³-hybridized carbons (Fsp3) is 0.364. The molecule has 0 aliphatic carbocycles. The average Bonchev–Trinajstić information content (AvgIpc) is 2.18. The quantitative estimate of drug-likeness (QED) is 0.659. The van der Waals surface area contributed by atoms with Gasteiger partial charge in [0.2, 0.25) is 0 Å². The molecule has 0 unspecified atom stereocenters. The van der Waals surface area contributed by atoms with Gasteiger partial charge in [0.25, 0.3) is 0 Å². The van der Waals surface area contributed by atoms with E-state index in [1.54, 1.807) is 4.90 Å². The molecule has 4 heteroatoms. The highest BCUT2D eigenvalue weighted by Gasteiger charge is 2.08. The predicted molar refractivity (Wildman–Crippen MR) is 68.1 cm³/mol. The van der Waals surface area contributed by atoms with Gasteiger partial charge in [0.05, 0.1) is 13.2 Å². The molecule has 1 aromatic carbocycles. The van der Waals surface area contributed by atoms with E-state index in [9.17, 15) is 4.79 Å². The molecule has 0 bridgehead atoms. The van der Waals surface area contributed by atoms with Crippen molar-refractivity contribution in [1.82, 2.24) is 4.90 Å². The third kappa shape index (κ3) is 4.27. The molecular formula is C11H14INO2. The van der Waals surface area contributed by atoms with E-state index >= 15 is 0 Å². The molecule has 3 nitrogen and oxygen atoms in total. The Bertz CT molecular complexity index is 324. The zero-order valence-corrected chi connectivity index (χ0v) is 10.8. The Morgan fingerprint density at radius 1 is 1.40 bits per heavy atom. The number of Topliss-reactive ketones (excluding diaryl/α,β-unsaturated/α-hetero) is 1. The van der Waals surface area contributed by atoms with E-state index in [2.05, 4.69) is 22.6 Å². The summed E-state index contributed by atoms with van der Waals surface area (Å²) in [4.78, 5) is 13.5. The zero-order valence-electron chi connectivity index (χ0n) is 8.61. The summed E-state index contributed by atoms with van der Waals surface area (Å²) in [5.74, 6) is 0.0855. The van der Waals surface area contributed by atoms with Crippen LogP contribution in [0.5, 0.6) is 0 Å². The smallest absolute Gasteiger partial charge is 0.176 e. The number of hydrogen-bond donors (Lipinski definition) is 1. The summed E-state index contributed by atoms with van der Waals surface area (Å²) in [6.07, 6.45) is 0. The molecule has 1 aromatic rings. The lowest BCUT2D eigenvalue weighted by Gasteiger charge is -2.13. The summed E-state index contributed by atoms with van der Waals surface area (Å²) >= 11 is 2.20. The predicted octanol–water partition coefficient (Wildman–Crippen LogP) is 1.40. The van der Waals surface area contributed by atoms with Crippen molar-refractivity contribution in [3.8, 4) is 0 Å². The molecule has 1 N–H and O–H groups in total. The van der Waals surface area contributed by atoms with Gasteiger partial charge >= 0.3 is 0 Å². The van der Waals surface area contributed by atoms with Crippen LogP contribution in [-0.2, 0) is 0 Å². The number of hydrogen-bond acceptors (Lipinski definition) is 3. The highest BCUT2D eigenvalue weighted by Crippen LogP contribution is 2.07. The first-order chi connectivity index (χ1) is 7.13. The molecule has 0 saturated heterocycles. The molecule has 0 atom stereocenters. The summed E-state index contributed by atoms with van der Waals surface area (Å²) < 4.78 is 1.12. The number of benzene rings is 1. The third-order valence-electron chi connectivity index (χ3n) is 2.06. The molecule has 0 aliphatic heterocycles. The van der Waals surface area contributed by atoms with Crippen LogP contribution in [0.4, 0.5) is 0 Å². The van der Waals surface area contributed by atoms with Crippen molar-refractivity contribution in [3.05, 3.63) is 33.4 Å². The first kappa shape index (κ1) is 12.6. The van der Waals surface area contributed by atoms with E-state index in [0.29, 0.717) is 13.1 Å². The van der Waals surface area contributed by atoms with Crippen LogP contribution >= 0.6 is 22.6 Å². The molecule has 1 rings (SSSR count). The maximum atomic E-state index is 11.7. The molecular weight excluding hydrogens is 305 g/mol. The molecule has 0 aromatic heterocycles. The minimum Gasteiger partial charge on any atom is -0.395 e. The molecule has 15 heavy (non-hydrogen) atoms. The Morgan fingerprint density at radius 2 is 2.00 bits per heavy atom. The van der Waals surface area contributed by atoms with Crippen LogP contribution in [0.1, 0.15) is 10.4 Å². The minimum absolute atomic E-state index is 0.0798. The fourth-order valence-electron chi connectivity index (χ4n) is 1.22. The van der Waals surface area contributed by atoms with Gasteiger partial charge in [-0.2, -0.15) is 0 Å². The van der Waals surface area contributed by atoms with Crippen molar-refractivity contribution in [2.24, 2.45) is 0 Å². The summed E-state index contributed by atoms with van der Waals surface area (Å²) in [6.45, 7) is 0.952. The van der Waals surface area contributed by atoms with Crippen molar-refractivity contribution in [3.63, 3.8) is 0 Å². The first-order valence-corrected chi connectivity index (χ1v) is 5.79. The van der Waals surface area contributed by atoms with Crippen LogP contribution in [0.25, 0.3) is 0 Å². The van der Waals surface area contributed by atoms with Gasteiger partial charge in [-0.15, -0.1) is 0 Å². The summed E-state index contributed by atoms with van der Waals surface area (Å²) in [6, 6.07) is 7.49. The van der Waals surface area contributed by atoms with Crippen molar-refractivity contribution in [2.45, 2.75) is 0 Å². The molecule has 0 aliphatic rings. The number of carbonyl (C=O) groups is 1. The van der Waals surface area contributed by atoms with Crippen molar-refractivity contribution in [1.29, 1.82) is 0 Å². The maximum absolute atomic E-state index is 11.7. The molecule has 0 amide bonds. The molecule has 0 spiro atoms. The minimum atomic E-state index is 0.0798. The lowest BCUT2D eigenvalue weighted by Crippen LogP contribution is -2.28. The Kier molecular flexibility index (Phi) is 5.21. The van der Waals surface area contributed by atoms with Gasteiger partial charge in [0.15, 0.2) is 5.78 Å². The normalized spacial score (nSPS) is 10.7. The van der Waals surface area contributed by atoms with Crippen LogP contribution in [-0.4, -0.2) is 42.5 Å². The standard InChI is InChI=1S/C11H14INO2/c1-13(6-7-14)8-11(15)9-2-4-10(12)5-3-9/h2-5,14H,6-8H2,1H3. The number of ketones is 1. The SMILES string of the molecule is CN(CCO)CC(=O)c1ccc(I)cc1. The number of halogens is 1. The lowest BCUT2D eigenvalue weighted by molar-refractivity contribution is 0.0936. The van der Waals surface area contributed by atoms with Crippen LogP contribution < -0.4 is 0 Å². The second-order valence-corrected chi connectivity index (χ2v) is 4.64. The molecule has 0 fully saturated rings. The number of carbonyl (C=O) groups excluding carboxylic acids is 1. The third-order valence-corrected chi connectivity index (χ3v) is 2.78. The second kappa shape index (κ2) is 6.19. The Balaban J connectivity index is 2.57. The van der Waals surface area contributed by atoms with Gasteiger partial charge < -0.3 is 5.11 Å². The Hall–Kier alpha value is -0.460. The van der Waals surface area contributed by atoms with Crippen LogP contribution in [0.2, 0.25) is 0 Å². The van der Waals surface area contributed by atoms with Crippen molar-refractivity contribution in [2.75, 3.05) is 26.7 Å². The van der Waals surface area contributed by atoms with E-state index in [1.807, 2.05) is 31.3 Å². The van der Waals surface area contributed by atoms with Gasteiger partial charge in [0, 0.05) is 15.7 Å². The summed E-state index contributed by atoms with van der Waals surface area (Å²) in [7, 11) is 1.82. The van der Waals surface area contributed by atoms with Crippen LogP contribution in [0.3, 0.4) is 0 Å². The van der Waals surface area contributed by atoms with Crippen LogP contribution in [0, 0.1) is 3.57 Å². The first-order valence-electron chi connectivity index (χ1n) is 4.71. The number of rotatable bonds is 5.